The molecule has 34 heavy (non-hydrogen) atoms. The number of benzene rings is 2. The lowest BCUT2D eigenvalue weighted by Crippen LogP contribution is -2.91. The van der Waals surface area contributed by atoms with Crippen LogP contribution in [0.4, 0.5) is 0 Å². The van der Waals surface area contributed by atoms with Crippen LogP contribution >= 0.6 is 0 Å². The van der Waals surface area contributed by atoms with Gasteiger partial charge in [-0.3, -0.25) is 10.1 Å². The summed E-state index contributed by atoms with van der Waals surface area (Å²) in [6, 6.07) is 17.2. The van der Waals surface area contributed by atoms with E-state index in [1.54, 1.807) is 17.3 Å². The molecule has 0 fully saturated rings. The number of primary amides is 1. The maximum absolute atomic E-state index is 13.0. The van der Waals surface area contributed by atoms with E-state index in [2.05, 4.69) is 0 Å². The second-order valence-corrected chi connectivity index (χ2v) is 9.24. The van der Waals surface area contributed by atoms with Gasteiger partial charge in [0.1, 0.15) is 18.4 Å². The number of amides is 2. The van der Waals surface area contributed by atoms with Gasteiger partial charge in [-0.1, -0.05) is 69.2 Å². The summed E-state index contributed by atoms with van der Waals surface area (Å²) in [5, 5.41) is 1.77. The van der Waals surface area contributed by atoms with Crippen LogP contribution in [0.3, 0.4) is 0 Å². The second kappa shape index (κ2) is 15.3. The molecule has 0 heterocycles. The maximum atomic E-state index is 13.0. The van der Waals surface area contributed by atoms with Crippen molar-refractivity contribution in [2.45, 2.75) is 65.0 Å². The molecule has 0 radical (unpaired) electrons. The summed E-state index contributed by atoms with van der Waals surface area (Å²) in [6.07, 6.45) is 5.73. The lowest BCUT2D eigenvalue weighted by Gasteiger charge is -2.28. The van der Waals surface area contributed by atoms with Gasteiger partial charge in [-0.05, 0) is 55.0 Å². The van der Waals surface area contributed by atoms with Crippen molar-refractivity contribution < 1.29 is 19.6 Å². The van der Waals surface area contributed by atoms with Crippen molar-refractivity contribution in [3.63, 3.8) is 0 Å². The highest BCUT2D eigenvalue weighted by molar-refractivity contribution is 5.84. The van der Waals surface area contributed by atoms with Crippen LogP contribution < -0.4 is 15.8 Å². The van der Waals surface area contributed by atoms with Gasteiger partial charge in [0.25, 0.3) is 0 Å². The fourth-order valence-corrected chi connectivity index (χ4v) is 4.05. The van der Waals surface area contributed by atoms with Gasteiger partial charge in [0.05, 0.1) is 13.0 Å². The number of nitrogens with two attached hydrogens (primary N) is 2. The molecule has 4 N–H and O–H groups in total. The molecule has 1 unspecified atom stereocenters. The zero-order valence-corrected chi connectivity index (χ0v) is 21.0. The van der Waals surface area contributed by atoms with Crippen molar-refractivity contribution in [3.8, 4) is 5.75 Å². The average Bonchev–Trinajstić information content (AvgIpc) is 2.83. The number of unbranched alkanes of at least 4 members (excludes halogenated alkanes) is 4. The predicted molar refractivity (Wildman–Crippen MR) is 136 cm³/mol. The Morgan fingerprint density at radius 1 is 0.912 bits per heavy atom. The fraction of sp³-hybridized carbons (Fsp3) is 0.500. The Bertz CT molecular complexity index is 853. The molecule has 2 amide bonds. The van der Waals surface area contributed by atoms with Gasteiger partial charge in [-0.15, -0.1) is 0 Å². The quantitative estimate of drug-likeness (QED) is 0.393. The smallest absolute Gasteiger partial charge is 0.333 e. The lowest BCUT2D eigenvalue weighted by molar-refractivity contribution is -0.571. The van der Waals surface area contributed by atoms with E-state index < -0.39 is 6.04 Å². The minimum Gasteiger partial charge on any atom is -0.489 e. The van der Waals surface area contributed by atoms with E-state index in [-0.39, 0.29) is 24.2 Å². The molecule has 0 saturated carbocycles. The molecule has 2 aromatic rings. The number of carbonyl (C=O) groups excluding carboxylic acids is 2. The lowest BCUT2D eigenvalue weighted by atomic mass is 10.0. The van der Waals surface area contributed by atoms with E-state index in [1.807, 2.05) is 68.4 Å². The number of hydrogen-bond acceptors (Lipinski definition) is 4. The molecule has 2 rings (SSSR count). The van der Waals surface area contributed by atoms with Crippen molar-refractivity contribution in [1.82, 2.24) is 4.90 Å². The summed E-state index contributed by atoms with van der Waals surface area (Å²) >= 11 is 0. The number of ether oxygens (including phenoxy) is 1. The van der Waals surface area contributed by atoms with Crippen LogP contribution in [-0.2, 0) is 22.6 Å². The first-order valence-electron chi connectivity index (χ1n) is 12.5. The molecule has 0 spiro atoms. The molecule has 1 atom stereocenters. The Kier molecular flexibility index (Phi) is 12.4. The Labute approximate surface area is 204 Å². The highest BCUT2D eigenvalue weighted by Gasteiger charge is 2.32. The topological polar surface area (TPSA) is 89.2 Å². The van der Waals surface area contributed by atoms with Gasteiger partial charge in [0.2, 0.25) is 5.91 Å². The minimum absolute atomic E-state index is 0.0393. The number of carbonyl (C=O) groups is 2. The zero-order valence-electron chi connectivity index (χ0n) is 21.0. The number of nitrogens with zero attached hydrogens (tertiary/aromatic N) is 1. The van der Waals surface area contributed by atoms with Crippen LogP contribution in [0.2, 0.25) is 0 Å². The van der Waals surface area contributed by atoms with Crippen LogP contribution in [0, 0.1) is 5.92 Å². The summed E-state index contributed by atoms with van der Waals surface area (Å²) in [5.74, 6) is 0.801. The molecule has 0 saturated heterocycles. The molecule has 0 bridgehead atoms. The van der Waals surface area contributed by atoms with E-state index in [0.29, 0.717) is 6.61 Å². The molecule has 0 aliphatic rings. The Morgan fingerprint density at radius 3 is 2.21 bits per heavy atom. The zero-order chi connectivity index (χ0) is 24.8. The molecule has 6 heteroatoms. The molecule has 2 aromatic carbocycles. The van der Waals surface area contributed by atoms with Crippen molar-refractivity contribution in [3.05, 3.63) is 65.7 Å². The monoisotopic (exact) mass is 468 g/mol. The predicted octanol–water partition coefficient (Wildman–Crippen LogP) is 3.29. The highest BCUT2D eigenvalue weighted by atomic mass is 16.5. The first-order valence-corrected chi connectivity index (χ1v) is 12.5. The third-order valence-electron chi connectivity index (χ3n) is 6.01. The third kappa shape index (κ3) is 9.65. The van der Waals surface area contributed by atoms with Crippen LogP contribution in [0.15, 0.2) is 54.6 Å². The molecule has 6 nitrogen and oxygen atoms in total. The van der Waals surface area contributed by atoms with Gasteiger partial charge in [0.15, 0.2) is 0 Å². The van der Waals surface area contributed by atoms with E-state index in [1.165, 1.54) is 0 Å². The van der Waals surface area contributed by atoms with E-state index >= 15 is 0 Å². The Hall–Kier alpha value is -2.70. The minimum atomic E-state index is -0.432. The van der Waals surface area contributed by atoms with Gasteiger partial charge in [-0.2, -0.15) is 0 Å². The van der Waals surface area contributed by atoms with Gasteiger partial charge in [0, 0.05) is 7.05 Å². The van der Waals surface area contributed by atoms with E-state index in [9.17, 15) is 9.59 Å². The van der Waals surface area contributed by atoms with Gasteiger partial charge in [-0.25, -0.2) is 4.79 Å². The number of hydrogen-bond donors (Lipinski definition) is 2. The van der Waals surface area contributed by atoms with E-state index in [0.717, 1.165) is 62.1 Å². The number of quaternary nitrogens is 1. The fourth-order valence-electron chi connectivity index (χ4n) is 4.05. The molecule has 186 valence electrons. The first kappa shape index (κ1) is 27.5. The maximum Gasteiger partial charge on any atom is 0.333 e. The molecule has 0 aliphatic heterocycles. The normalized spacial score (nSPS) is 11.9. The van der Waals surface area contributed by atoms with Gasteiger partial charge >= 0.3 is 5.91 Å². The number of likely N-dealkylation sites (N-methyl/N-ethyl adjacent to an activating group) is 1. The average molecular weight is 469 g/mol. The van der Waals surface area contributed by atoms with Crippen molar-refractivity contribution >= 4 is 11.8 Å². The Balaban J connectivity index is 1.82. The molecular formula is C28H42N3O3+. The second-order valence-electron chi connectivity index (χ2n) is 9.24. The highest BCUT2D eigenvalue weighted by Crippen LogP contribution is 2.16. The molecule has 0 aliphatic carbocycles. The largest absolute Gasteiger partial charge is 0.489 e. The van der Waals surface area contributed by atoms with Crippen molar-refractivity contribution in [2.24, 2.45) is 11.7 Å². The first-order chi connectivity index (χ1) is 16.4. The third-order valence-corrected chi connectivity index (χ3v) is 6.01. The molecular weight excluding hydrogens is 426 g/mol. The summed E-state index contributed by atoms with van der Waals surface area (Å²) in [5.41, 5.74) is 7.53. The molecule has 0 aromatic heterocycles. The van der Waals surface area contributed by atoms with Crippen LogP contribution in [0.25, 0.3) is 0 Å². The summed E-state index contributed by atoms with van der Waals surface area (Å²) in [7, 11) is 1.74. The SMILES string of the molecule is CC(C)C(C(=O)[NH2+]CCCCCCCN)N(C)C(=O)Cc1ccc(OCc2ccccc2)cc1. The van der Waals surface area contributed by atoms with Crippen LogP contribution in [0.1, 0.15) is 57.1 Å². The standard InChI is InChI=1S/C28H41N3O3/c1-22(2)27(28(33)30-19-11-6-4-5-10-18-29)31(3)26(32)20-23-14-16-25(17-15-23)34-21-24-12-8-7-9-13-24/h7-9,12-17,22,27H,4-6,10-11,18-21,29H2,1-3H3,(H,30,33)/p+1. The van der Waals surface area contributed by atoms with Crippen molar-refractivity contribution in [2.75, 3.05) is 20.1 Å². The van der Waals surface area contributed by atoms with Crippen LogP contribution in [-0.4, -0.2) is 42.9 Å². The van der Waals surface area contributed by atoms with Gasteiger partial charge < -0.3 is 15.4 Å². The van der Waals surface area contributed by atoms with Crippen molar-refractivity contribution in [1.29, 1.82) is 0 Å². The summed E-state index contributed by atoms with van der Waals surface area (Å²) in [4.78, 5) is 27.4. The number of rotatable bonds is 15. The summed E-state index contributed by atoms with van der Waals surface area (Å²) < 4.78 is 5.82. The Morgan fingerprint density at radius 2 is 1.56 bits per heavy atom. The summed E-state index contributed by atoms with van der Waals surface area (Å²) in [6.45, 7) is 5.99. The van der Waals surface area contributed by atoms with E-state index in [4.69, 9.17) is 10.5 Å². The van der Waals surface area contributed by atoms with Crippen LogP contribution in [0.5, 0.6) is 5.75 Å².